The van der Waals surface area contributed by atoms with Gasteiger partial charge in [-0.15, -0.1) is 11.3 Å². The molecule has 108 valence electrons. The predicted octanol–water partition coefficient (Wildman–Crippen LogP) is 2.97. The molecule has 0 atom stereocenters. The van der Waals surface area contributed by atoms with E-state index in [1.807, 2.05) is 13.8 Å². The number of hydrogen-bond donors (Lipinski definition) is 2. The Hall–Kier alpha value is -1.43. The summed E-state index contributed by atoms with van der Waals surface area (Å²) in [5.74, 6) is 0.589. The van der Waals surface area contributed by atoms with Crippen LogP contribution in [-0.4, -0.2) is 25.7 Å². The minimum absolute atomic E-state index is 0.0120. The van der Waals surface area contributed by atoms with Gasteiger partial charge in [0.15, 0.2) is 5.75 Å². The van der Waals surface area contributed by atoms with Gasteiger partial charge in [0, 0.05) is 6.54 Å². The largest absolute Gasteiger partial charge is 0.486 e. The van der Waals surface area contributed by atoms with Crippen molar-refractivity contribution in [3.05, 3.63) is 4.88 Å². The van der Waals surface area contributed by atoms with Gasteiger partial charge in [0.2, 0.25) is 0 Å². The summed E-state index contributed by atoms with van der Waals surface area (Å²) in [6.45, 7) is 8.83. The highest BCUT2D eigenvalue weighted by atomic mass is 32.1. The van der Waals surface area contributed by atoms with E-state index >= 15 is 0 Å². The van der Waals surface area contributed by atoms with Crippen molar-refractivity contribution in [1.29, 1.82) is 0 Å². The van der Waals surface area contributed by atoms with Crippen LogP contribution in [0.1, 0.15) is 37.4 Å². The first-order valence-corrected chi connectivity index (χ1v) is 7.09. The number of thiophene rings is 1. The summed E-state index contributed by atoms with van der Waals surface area (Å²) in [6.07, 6.45) is -0.0120. The van der Waals surface area contributed by atoms with Crippen LogP contribution in [0, 0.1) is 5.92 Å². The molecular formula is C13H22N2O3S. The van der Waals surface area contributed by atoms with Crippen molar-refractivity contribution >= 4 is 28.0 Å². The second-order valence-corrected chi connectivity index (χ2v) is 5.96. The van der Waals surface area contributed by atoms with Crippen LogP contribution in [0.15, 0.2) is 0 Å². The third kappa shape index (κ3) is 4.02. The first-order valence-electron chi connectivity index (χ1n) is 6.27. The van der Waals surface area contributed by atoms with E-state index in [0.717, 1.165) is 11.5 Å². The smallest absolute Gasteiger partial charge is 0.350 e. The summed E-state index contributed by atoms with van der Waals surface area (Å²) in [6, 6.07) is 0. The molecule has 0 bridgehead atoms. The van der Waals surface area contributed by atoms with Crippen LogP contribution in [0.4, 0.5) is 10.7 Å². The number of nitrogens with one attached hydrogen (secondary N) is 1. The molecule has 6 heteroatoms. The average molecular weight is 286 g/mol. The number of esters is 1. The van der Waals surface area contributed by atoms with E-state index in [1.165, 1.54) is 18.4 Å². The molecule has 0 aromatic carbocycles. The number of hydrogen-bond acceptors (Lipinski definition) is 6. The van der Waals surface area contributed by atoms with Gasteiger partial charge in [-0.25, -0.2) is 4.79 Å². The minimum Gasteiger partial charge on any atom is -0.486 e. The highest BCUT2D eigenvalue weighted by Gasteiger charge is 2.23. The lowest BCUT2D eigenvalue weighted by Crippen LogP contribution is -2.11. The van der Waals surface area contributed by atoms with Crippen molar-refractivity contribution in [3.8, 4) is 5.75 Å². The Bertz CT molecular complexity index is 441. The molecule has 1 heterocycles. The standard InChI is InChI=1S/C13H22N2O3S/c1-7(2)6-15-12-10(18-8(3)4)9(14)11(19-12)13(16)17-5/h7-8,15H,6,14H2,1-5H3. The first-order chi connectivity index (χ1) is 8.86. The average Bonchev–Trinajstić information content (AvgIpc) is 2.63. The number of carbonyl (C=O) groups is 1. The summed E-state index contributed by atoms with van der Waals surface area (Å²) in [5, 5.41) is 4.04. The number of nitrogen functional groups attached to an aromatic ring is 1. The van der Waals surface area contributed by atoms with Crippen molar-refractivity contribution in [2.24, 2.45) is 5.92 Å². The Kier molecular flexibility index (Phi) is 5.47. The molecule has 1 aromatic heterocycles. The lowest BCUT2D eigenvalue weighted by molar-refractivity contribution is 0.0607. The molecule has 0 unspecified atom stereocenters. The van der Waals surface area contributed by atoms with E-state index in [-0.39, 0.29) is 6.10 Å². The quantitative estimate of drug-likeness (QED) is 0.786. The number of anilines is 2. The van der Waals surface area contributed by atoms with Crippen LogP contribution in [0.2, 0.25) is 0 Å². The van der Waals surface area contributed by atoms with Crippen LogP contribution in [-0.2, 0) is 4.74 Å². The number of rotatable bonds is 6. The molecule has 19 heavy (non-hydrogen) atoms. The molecule has 0 fully saturated rings. The normalized spacial score (nSPS) is 10.9. The van der Waals surface area contributed by atoms with E-state index in [0.29, 0.717) is 22.2 Å². The SMILES string of the molecule is COC(=O)c1sc(NCC(C)C)c(OC(C)C)c1N. The molecule has 1 rings (SSSR count). The topological polar surface area (TPSA) is 73.6 Å². The molecule has 0 saturated heterocycles. The monoisotopic (exact) mass is 286 g/mol. The van der Waals surface area contributed by atoms with Crippen LogP contribution in [0.3, 0.4) is 0 Å². The van der Waals surface area contributed by atoms with Gasteiger partial charge in [-0.3, -0.25) is 0 Å². The molecule has 0 aliphatic heterocycles. The van der Waals surface area contributed by atoms with Crippen LogP contribution in [0.25, 0.3) is 0 Å². The minimum atomic E-state index is -0.436. The van der Waals surface area contributed by atoms with Crippen molar-refractivity contribution in [2.45, 2.75) is 33.8 Å². The highest BCUT2D eigenvalue weighted by molar-refractivity contribution is 7.19. The Morgan fingerprint density at radius 2 is 2.00 bits per heavy atom. The van der Waals surface area contributed by atoms with Gasteiger partial charge < -0.3 is 20.5 Å². The van der Waals surface area contributed by atoms with Gasteiger partial charge >= 0.3 is 5.97 Å². The Balaban J connectivity index is 3.08. The second-order valence-electron chi connectivity index (χ2n) is 4.94. The van der Waals surface area contributed by atoms with Crippen molar-refractivity contribution in [3.63, 3.8) is 0 Å². The van der Waals surface area contributed by atoms with Crippen molar-refractivity contribution in [2.75, 3.05) is 24.7 Å². The molecule has 0 aliphatic rings. The molecule has 0 spiro atoms. The van der Waals surface area contributed by atoms with E-state index in [4.69, 9.17) is 15.2 Å². The zero-order valence-electron chi connectivity index (χ0n) is 12.1. The summed E-state index contributed by atoms with van der Waals surface area (Å²) in [5.41, 5.74) is 6.32. The van der Waals surface area contributed by atoms with Crippen LogP contribution in [0.5, 0.6) is 5.75 Å². The number of carbonyl (C=O) groups excluding carboxylic acids is 1. The lowest BCUT2D eigenvalue weighted by atomic mass is 10.2. The number of nitrogens with two attached hydrogens (primary N) is 1. The van der Waals surface area contributed by atoms with Gasteiger partial charge in [0.1, 0.15) is 15.6 Å². The molecule has 0 radical (unpaired) electrons. The zero-order chi connectivity index (χ0) is 14.6. The lowest BCUT2D eigenvalue weighted by Gasteiger charge is -2.13. The second kappa shape index (κ2) is 6.65. The Labute approximate surface area is 118 Å². The van der Waals surface area contributed by atoms with E-state index in [9.17, 15) is 4.79 Å². The van der Waals surface area contributed by atoms with Crippen molar-refractivity contribution in [1.82, 2.24) is 0 Å². The summed E-state index contributed by atoms with van der Waals surface area (Å²) < 4.78 is 10.4. The first kappa shape index (κ1) is 15.6. The van der Waals surface area contributed by atoms with Crippen LogP contribution < -0.4 is 15.8 Å². The third-order valence-corrected chi connectivity index (χ3v) is 3.42. The van der Waals surface area contributed by atoms with Crippen LogP contribution >= 0.6 is 11.3 Å². The van der Waals surface area contributed by atoms with Crippen molar-refractivity contribution < 1.29 is 14.3 Å². The van der Waals surface area contributed by atoms with E-state index < -0.39 is 5.97 Å². The fraction of sp³-hybridized carbons (Fsp3) is 0.615. The maximum absolute atomic E-state index is 11.6. The van der Waals surface area contributed by atoms with Gasteiger partial charge in [-0.05, 0) is 19.8 Å². The summed E-state index contributed by atoms with van der Waals surface area (Å²) >= 11 is 1.27. The zero-order valence-corrected chi connectivity index (χ0v) is 12.9. The molecule has 5 nitrogen and oxygen atoms in total. The molecule has 3 N–H and O–H groups in total. The van der Waals surface area contributed by atoms with E-state index in [1.54, 1.807) is 0 Å². The van der Waals surface area contributed by atoms with Gasteiger partial charge in [0.05, 0.1) is 13.2 Å². The predicted molar refractivity (Wildman–Crippen MR) is 79.2 cm³/mol. The Morgan fingerprint density at radius 1 is 1.37 bits per heavy atom. The maximum Gasteiger partial charge on any atom is 0.350 e. The maximum atomic E-state index is 11.6. The Morgan fingerprint density at radius 3 is 2.47 bits per heavy atom. The molecule has 0 amide bonds. The molecule has 0 aliphatic carbocycles. The molecule has 0 saturated carbocycles. The fourth-order valence-electron chi connectivity index (χ4n) is 1.44. The highest BCUT2D eigenvalue weighted by Crippen LogP contribution is 2.43. The van der Waals surface area contributed by atoms with Gasteiger partial charge in [0.25, 0.3) is 0 Å². The summed E-state index contributed by atoms with van der Waals surface area (Å²) in [7, 11) is 1.34. The fourth-order valence-corrected chi connectivity index (χ4v) is 2.42. The van der Waals surface area contributed by atoms with Gasteiger partial charge in [-0.1, -0.05) is 13.8 Å². The molecular weight excluding hydrogens is 264 g/mol. The number of methoxy groups -OCH3 is 1. The number of ether oxygens (including phenoxy) is 2. The van der Waals surface area contributed by atoms with E-state index in [2.05, 4.69) is 19.2 Å². The molecule has 1 aromatic rings. The summed E-state index contributed by atoms with van der Waals surface area (Å²) in [4.78, 5) is 12.0. The third-order valence-electron chi connectivity index (χ3n) is 2.29. The van der Waals surface area contributed by atoms with Gasteiger partial charge in [-0.2, -0.15) is 0 Å².